The van der Waals surface area contributed by atoms with Gasteiger partial charge in [0, 0.05) is 17.1 Å². The van der Waals surface area contributed by atoms with Gasteiger partial charge in [0.2, 0.25) is 0 Å². The van der Waals surface area contributed by atoms with Gasteiger partial charge in [-0.15, -0.1) is 0 Å². The van der Waals surface area contributed by atoms with Crippen molar-refractivity contribution in [3.05, 3.63) is 138 Å². The number of nitrogens with zero attached hydrogens (tertiary/aromatic N) is 1. The zero-order valence-electron chi connectivity index (χ0n) is 23.6. The van der Waals surface area contributed by atoms with Gasteiger partial charge >= 0.3 is 0 Å². The monoisotopic (exact) mass is 564 g/mol. The van der Waals surface area contributed by atoms with Crippen LogP contribution in [0.5, 0.6) is 5.75 Å². The molecule has 0 spiro atoms. The highest BCUT2D eigenvalue weighted by molar-refractivity contribution is 5.85. The molecule has 1 fully saturated rings. The molecule has 1 aliphatic rings. The zero-order valence-corrected chi connectivity index (χ0v) is 23.6. The van der Waals surface area contributed by atoms with Crippen molar-refractivity contribution in [2.24, 2.45) is 0 Å². The lowest BCUT2D eigenvalue weighted by Crippen LogP contribution is -2.40. The lowest BCUT2D eigenvalue weighted by molar-refractivity contribution is -0.167. The van der Waals surface area contributed by atoms with Gasteiger partial charge in [0.1, 0.15) is 18.0 Å². The van der Waals surface area contributed by atoms with E-state index in [4.69, 9.17) is 18.9 Å². The van der Waals surface area contributed by atoms with Crippen LogP contribution in [0.25, 0.3) is 10.9 Å². The minimum atomic E-state index is -0.513. The molecule has 5 aromatic rings. The molecule has 0 saturated carbocycles. The van der Waals surface area contributed by atoms with Crippen LogP contribution in [0.4, 0.5) is 0 Å². The topological polar surface area (TPSA) is 76.2 Å². The number of nitrogens with one attached hydrogen (secondary N) is 1. The number of methoxy groups -OCH3 is 1. The van der Waals surface area contributed by atoms with Crippen molar-refractivity contribution in [2.75, 3.05) is 13.7 Å². The minimum absolute atomic E-state index is 0.262. The number of benzene rings is 4. The first-order valence-corrected chi connectivity index (χ1v) is 14.3. The van der Waals surface area contributed by atoms with Crippen molar-refractivity contribution in [2.45, 2.75) is 44.1 Å². The number of ether oxygens (including phenoxy) is 4. The summed E-state index contributed by atoms with van der Waals surface area (Å²) in [7, 11) is 1.65. The average Bonchev–Trinajstić information content (AvgIpc) is 3.57. The molecule has 4 atom stereocenters. The van der Waals surface area contributed by atoms with Gasteiger partial charge in [0.15, 0.2) is 0 Å². The molecule has 0 unspecified atom stereocenters. The summed E-state index contributed by atoms with van der Waals surface area (Å²) in [5, 5.41) is 14.2. The van der Waals surface area contributed by atoms with Crippen molar-refractivity contribution >= 4 is 10.9 Å². The van der Waals surface area contributed by atoms with E-state index in [1.54, 1.807) is 7.11 Å². The van der Waals surface area contributed by atoms with Gasteiger partial charge < -0.3 is 29.1 Å². The molecule has 4 aromatic carbocycles. The molecule has 42 heavy (non-hydrogen) atoms. The number of aromatic amines is 1. The number of H-pyrrole nitrogens is 1. The Hall–Kier alpha value is -3.98. The molecule has 2 N–H and O–H groups in total. The smallest absolute Gasteiger partial charge is 0.119 e. The largest absolute Gasteiger partial charge is 0.497 e. The van der Waals surface area contributed by atoms with Gasteiger partial charge in [-0.3, -0.25) is 0 Å². The molecule has 1 aromatic heterocycles. The van der Waals surface area contributed by atoms with E-state index in [9.17, 15) is 5.21 Å². The molecule has 7 heteroatoms. The Morgan fingerprint density at radius 2 is 1.29 bits per heavy atom. The maximum atomic E-state index is 11.9. The second-order valence-electron chi connectivity index (χ2n) is 10.6. The lowest BCUT2D eigenvalue weighted by Gasteiger charge is -2.26. The van der Waals surface area contributed by atoms with Gasteiger partial charge in [0.25, 0.3) is 0 Å². The Morgan fingerprint density at radius 1 is 0.714 bits per heavy atom. The highest BCUT2D eigenvalue weighted by atomic mass is 16.6. The highest BCUT2D eigenvalue weighted by Gasteiger charge is 2.52. The van der Waals surface area contributed by atoms with E-state index in [2.05, 4.69) is 4.98 Å². The average molecular weight is 565 g/mol. The maximum Gasteiger partial charge on any atom is 0.119 e. The van der Waals surface area contributed by atoms with E-state index in [1.807, 2.05) is 115 Å². The van der Waals surface area contributed by atoms with E-state index in [0.29, 0.717) is 19.8 Å². The van der Waals surface area contributed by atoms with E-state index in [0.717, 1.165) is 38.9 Å². The summed E-state index contributed by atoms with van der Waals surface area (Å²) in [4.78, 5) is 3.36. The SMILES string of the molecule is COc1ccc2[nH]cc([C@H]3[C@H](OCc4ccccc4)[C@@H](OCc4ccccc4)[C@H](COCc4ccccc4)N3O)c2c1. The quantitative estimate of drug-likeness (QED) is 0.176. The summed E-state index contributed by atoms with van der Waals surface area (Å²) in [5.74, 6) is 0.743. The van der Waals surface area contributed by atoms with Crippen LogP contribution in [-0.4, -0.2) is 47.2 Å². The molecule has 1 saturated heterocycles. The van der Waals surface area contributed by atoms with Gasteiger partial charge in [-0.25, -0.2) is 0 Å². The number of hydrogen-bond acceptors (Lipinski definition) is 6. The minimum Gasteiger partial charge on any atom is -0.497 e. The second kappa shape index (κ2) is 13.3. The Balaban J connectivity index is 1.34. The molecule has 7 nitrogen and oxygen atoms in total. The van der Waals surface area contributed by atoms with Crippen molar-refractivity contribution in [3.8, 4) is 5.75 Å². The standard InChI is InChI=1S/C35H36N2O5/c1-39-28-17-18-31-29(19-28)30(20-36-31)33-35(42-23-27-15-9-4-10-16-27)34(41-22-26-13-7-3-8-14-26)32(37(33)38)24-40-21-25-11-5-2-6-12-25/h2-20,32-36,38H,21-24H2,1H3/t32-,33-,34-,35-/m0/s1. The van der Waals surface area contributed by atoms with E-state index >= 15 is 0 Å². The molecule has 1 aliphatic heterocycles. The summed E-state index contributed by atoms with van der Waals surface area (Å²) in [6, 6.07) is 35.1. The fourth-order valence-corrected chi connectivity index (χ4v) is 5.69. The van der Waals surface area contributed by atoms with E-state index in [-0.39, 0.29) is 6.61 Å². The lowest BCUT2D eigenvalue weighted by atomic mass is 9.99. The summed E-state index contributed by atoms with van der Waals surface area (Å²) in [6.45, 7) is 1.46. The van der Waals surface area contributed by atoms with Crippen LogP contribution in [0.2, 0.25) is 0 Å². The third-order valence-electron chi connectivity index (χ3n) is 7.85. The normalized spacial score (nSPS) is 20.7. The molecule has 0 amide bonds. The van der Waals surface area contributed by atoms with Crippen molar-refractivity contribution in [1.82, 2.24) is 10.0 Å². The first kappa shape index (κ1) is 28.2. The Morgan fingerprint density at radius 3 is 1.88 bits per heavy atom. The van der Waals surface area contributed by atoms with Gasteiger partial charge in [-0.05, 0) is 40.5 Å². The second-order valence-corrected chi connectivity index (χ2v) is 10.6. The molecule has 0 aliphatic carbocycles. The number of hydrogen-bond donors (Lipinski definition) is 2. The Bertz CT molecular complexity index is 1540. The summed E-state index contributed by atoms with van der Waals surface area (Å²) in [6.07, 6.45) is 0.975. The zero-order chi connectivity index (χ0) is 28.7. The van der Waals surface area contributed by atoms with Crippen LogP contribution in [0.3, 0.4) is 0 Å². The maximum absolute atomic E-state index is 11.9. The van der Waals surface area contributed by atoms with Crippen LogP contribution in [0.15, 0.2) is 115 Å². The third kappa shape index (κ3) is 6.26. The van der Waals surface area contributed by atoms with Gasteiger partial charge in [-0.1, -0.05) is 91.0 Å². The molecule has 6 rings (SSSR count). The van der Waals surface area contributed by atoms with Gasteiger partial charge in [0.05, 0.1) is 45.6 Å². The van der Waals surface area contributed by atoms with Crippen LogP contribution < -0.4 is 4.74 Å². The first-order valence-electron chi connectivity index (χ1n) is 14.3. The molecule has 216 valence electrons. The predicted molar refractivity (Wildman–Crippen MR) is 161 cm³/mol. The van der Waals surface area contributed by atoms with E-state index in [1.165, 1.54) is 5.06 Å². The summed E-state index contributed by atoms with van der Waals surface area (Å²) < 4.78 is 25.0. The van der Waals surface area contributed by atoms with E-state index < -0.39 is 24.3 Å². The van der Waals surface area contributed by atoms with Gasteiger partial charge in [-0.2, -0.15) is 5.06 Å². The van der Waals surface area contributed by atoms with Crippen molar-refractivity contribution in [1.29, 1.82) is 0 Å². The van der Waals surface area contributed by atoms with Crippen LogP contribution in [0.1, 0.15) is 28.3 Å². The molecule has 0 radical (unpaired) electrons. The first-order chi connectivity index (χ1) is 20.7. The summed E-state index contributed by atoms with van der Waals surface area (Å²) >= 11 is 0. The van der Waals surface area contributed by atoms with Crippen molar-refractivity contribution in [3.63, 3.8) is 0 Å². The molecular formula is C35H36N2O5. The Kier molecular flexibility index (Phi) is 8.94. The van der Waals surface area contributed by atoms with Crippen LogP contribution in [0, 0.1) is 0 Å². The number of fused-ring (bicyclic) bond motifs is 1. The number of rotatable bonds is 12. The predicted octanol–water partition coefficient (Wildman–Crippen LogP) is 6.68. The Labute approximate surface area is 246 Å². The van der Waals surface area contributed by atoms with Crippen LogP contribution in [-0.2, 0) is 34.0 Å². The summed E-state index contributed by atoms with van der Waals surface area (Å²) in [5.41, 5.74) is 5.02. The number of aromatic nitrogens is 1. The van der Waals surface area contributed by atoms with Crippen LogP contribution >= 0.6 is 0 Å². The number of hydroxylamine groups is 2. The fraction of sp³-hybridized carbons (Fsp3) is 0.257. The molecule has 2 heterocycles. The molecule has 0 bridgehead atoms. The molecular weight excluding hydrogens is 528 g/mol. The third-order valence-corrected chi connectivity index (χ3v) is 7.85. The highest BCUT2D eigenvalue weighted by Crippen LogP contribution is 2.42. The van der Waals surface area contributed by atoms with Crippen molar-refractivity contribution < 1.29 is 24.2 Å². The fourth-order valence-electron chi connectivity index (χ4n) is 5.69.